The van der Waals surface area contributed by atoms with Crippen molar-refractivity contribution in [2.75, 3.05) is 0 Å². The Bertz CT molecular complexity index is 262. The highest BCUT2D eigenvalue weighted by Gasteiger charge is 2.24. The molecule has 1 aromatic rings. The third-order valence-corrected chi connectivity index (χ3v) is 3.81. The molecule has 1 atom stereocenters. The van der Waals surface area contributed by atoms with E-state index in [9.17, 15) is 0 Å². The fourth-order valence-electron chi connectivity index (χ4n) is 0.921. The van der Waals surface area contributed by atoms with Crippen LogP contribution in [0.3, 0.4) is 0 Å². The molecule has 68 valence electrons. The molecular formula is C9H14BrNS. The fourth-order valence-corrected chi connectivity index (χ4v) is 2.79. The molecule has 12 heavy (non-hydrogen) atoms. The van der Waals surface area contributed by atoms with Crippen molar-refractivity contribution in [2.45, 2.75) is 26.8 Å². The Kier molecular flexibility index (Phi) is 2.97. The van der Waals surface area contributed by atoms with Crippen LogP contribution in [0.15, 0.2) is 15.9 Å². The largest absolute Gasteiger partial charge is 0.323 e. The van der Waals surface area contributed by atoms with Crippen LogP contribution < -0.4 is 5.73 Å². The number of hydrogen-bond acceptors (Lipinski definition) is 2. The summed E-state index contributed by atoms with van der Waals surface area (Å²) in [5.74, 6) is 0. The highest BCUT2D eigenvalue weighted by atomic mass is 79.9. The van der Waals surface area contributed by atoms with E-state index in [0.29, 0.717) is 0 Å². The monoisotopic (exact) mass is 247 g/mol. The molecule has 0 aliphatic carbocycles. The number of nitrogens with two attached hydrogens (primary N) is 1. The topological polar surface area (TPSA) is 26.0 Å². The summed E-state index contributed by atoms with van der Waals surface area (Å²) in [7, 11) is 0. The van der Waals surface area contributed by atoms with Crippen LogP contribution in [0.4, 0.5) is 0 Å². The van der Waals surface area contributed by atoms with Crippen LogP contribution in [-0.2, 0) is 0 Å². The average Bonchev–Trinajstić information content (AvgIpc) is 2.31. The van der Waals surface area contributed by atoms with Crippen molar-refractivity contribution in [3.05, 3.63) is 20.8 Å². The van der Waals surface area contributed by atoms with Crippen LogP contribution >= 0.6 is 27.3 Å². The second kappa shape index (κ2) is 3.48. The number of hydrogen-bond donors (Lipinski definition) is 1. The lowest BCUT2D eigenvalue weighted by atomic mass is 9.87. The van der Waals surface area contributed by atoms with Gasteiger partial charge in [0.05, 0.1) is 0 Å². The Balaban J connectivity index is 2.92. The second-order valence-corrected chi connectivity index (χ2v) is 5.78. The highest BCUT2D eigenvalue weighted by Crippen LogP contribution is 2.37. The molecule has 0 amide bonds. The van der Waals surface area contributed by atoms with Gasteiger partial charge in [-0.05, 0) is 32.8 Å². The molecule has 0 spiro atoms. The predicted octanol–water partition coefficient (Wildman–Crippen LogP) is 3.56. The summed E-state index contributed by atoms with van der Waals surface area (Å²) < 4.78 is 1.13. The minimum Gasteiger partial charge on any atom is -0.323 e. The summed E-state index contributed by atoms with van der Waals surface area (Å²) in [5, 5.41) is 2.06. The molecule has 0 saturated carbocycles. The van der Waals surface area contributed by atoms with Crippen LogP contribution in [0.25, 0.3) is 0 Å². The lowest BCUT2D eigenvalue weighted by Gasteiger charge is -2.26. The maximum Gasteiger partial charge on any atom is 0.0450 e. The molecule has 1 aromatic heterocycles. The SMILES string of the molecule is CC(C)(C)[C@@H](N)c1sccc1Br. The van der Waals surface area contributed by atoms with E-state index in [0.717, 1.165) is 4.47 Å². The molecule has 0 aliphatic heterocycles. The molecule has 0 aromatic carbocycles. The maximum atomic E-state index is 6.10. The van der Waals surface area contributed by atoms with Crippen molar-refractivity contribution in [1.29, 1.82) is 0 Å². The number of halogens is 1. The normalized spacial score (nSPS) is 14.8. The minimum atomic E-state index is 0.117. The molecule has 2 N–H and O–H groups in total. The van der Waals surface area contributed by atoms with E-state index >= 15 is 0 Å². The standard InChI is InChI=1S/C9H14BrNS/c1-9(2,3)8(11)7-6(10)4-5-12-7/h4-5,8H,11H2,1-3H3/t8-/m0/s1. The summed E-state index contributed by atoms with van der Waals surface area (Å²) in [5.41, 5.74) is 6.23. The van der Waals surface area contributed by atoms with Gasteiger partial charge in [0, 0.05) is 15.4 Å². The first-order chi connectivity index (χ1) is 5.43. The van der Waals surface area contributed by atoms with Gasteiger partial charge in [-0.15, -0.1) is 11.3 Å². The van der Waals surface area contributed by atoms with Crippen molar-refractivity contribution in [2.24, 2.45) is 11.1 Å². The maximum absolute atomic E-state index is 6.10. The van der Waals surface area contributed by atoms with E-state index in [-0.39, 0.29) is 11.5 Å². The molecule has 0 saturated heterocycles. The van der Waals surface area contributed by atoms with E-state index in [1.54, 1.807) is 11.3 Å². The molecule has 1 heterocycles. The number of rotatable bonds is 1. The van der Waals surface area contributed by atoms with Crippen molar-refractivity contribution in [3.8, 4) is 0 Å². The molecule has 0 unspecified atom stereocenters. The van der Waals surface area contributed by atoms with Gasteiger partial charge in [0.2, 0.25) is 0 Å². The Morgan fingerprint density at radius 2 is 2.08 bits per heavy atom. The summed E-state index contributed by atoms with van der Waals surface area (Å²) >= 11 is 5.20. The first-order valence-electron chi connectivity index (χ1n) is 3.91. The third kappa shape index (κ3) is 2.09. The van der Waals surface area contributed by atoms with Crippen LogP contribution in [0.1, 0.15) is 31.7 Å². The zero-order valence-corrected chi connectivity index (χ0v) is 10.00. The Labute approximate surface area is 86.1 Å². The Hall–Kier alpha value is 0.140. The van der Waals surface area contributed by atoms with Crippen LogP contribution in [0.5, 0.6) is 0 Å². The van der Waals surface area contributed by atoms with Crippen molar-refractivity contribution >= 4 is 27.3 Å². The predicted molar refractivity (Wildman–Crippen MR) is 58.4 cm³/mol. The van der Waals surface area contributed by atoms with Crippen LogP contribution in [0.2, 0.25) is 0 Å². The summed E-state index contributed by atoms with van der Waals surface area (Å²) in [6.07, 6.45) is 0. The van der Waals surface area contributed by atoms with Crippen LogP contribution in [0, 0.1) is 5.41 Å². The molecule has 0 fully saturated rings. The van der Waals surface area contributed by atoms with Crippen molar-refractivity contribution in [1.82, 2.24) is 0 Å². The minimum absolute atomic E-state index is 0.117. The molecule has 3 heteroatoms. The van der Waals surface area contributed by atoms with Crippen molar-refractivity contribution < 1.29 is 0 Å². The summed E-state index contributed by atoms with van der Waals surface area (Å²) in [6, 6.07) is 2.16. The van der Waals surface area contributed by atoms with E-state index in [1.807, 2.05) is 6.07 Å². The quantitative estimate of drug-likeness (QED) is 0.808. The van der Waals surface area contributed by atoms with Crippen molar-refractivity contribution in [3.63, 3.8) is 0 Å². The van der Waals surface area contributed by atoms with Gasteiger partial charge in [-0.3, -0.25) is 0 Å². The summed E-state index contributed by atoms with van der Waals surface area (Å²) in [4.78, 5) is 1.24. The molecule has 1 rings (SSSR count). The average molecular weight is 248 g/mol. The molecular weight excluding hydrogens is 234 g/mol. The summed E-state index contributed by atoms with van der Waals surface area (Å²) in [6.45, 7) is 6.47. The smallest absolute Gasteiger partial charge is 0.0450 e. The van der Waals surface area contributed by atoms with Gasteiger partial charge in [0.15, 0.2) is 0 Å². The molecule has 1 nitrogen and oxygen atoms in total. The van der Waals surface area contributed by atoms with E-state index in [4.69, 9.17) is 5.73 Å². The van der Waals surface area contributed by atoms with Gasteiger partial charge < -0.3 is 5.73 Å². The first-order valence-corrected chi connectivity index (χ1v) is 5.58. The fraction of sp³-hybridized carbons (Fsp3) is 0.556. The zero-order valence-electron chi connectivity index (χ0n) is 7.60. The Morgan fingerprint density at radius 1 is 1.50 bits per heavy atom. The molecule has 0 aliphatic rings. The highest BCUT2D eigenvalue weighted by molar-refractivity contribution is 9.10. The number of thiophene rings is 1. The van der Waals surface area contributed by atoms with Gasteiger partial charge in [0.25, 0.3) is 0 Å². The van der Waals surface area contributed by atoms with Gasteiger partial charge in [-0.2, -0.15) is 0 Å². The van der Waals surface area contributed by atoms with Crippen LogP contribution in [-0.4, -0.2) is 0 Å². The van der Waals surface area contributed by atoms with Gasteiger partial charge in [-0.1, -0.05) is 20.8 Å². The zero-order chi connectivity index (χ0) is 9.35. The lowest BCUT2D eigenvalue weighted by Crippen LogP contribution is -2.25. The van der Waals surface area contributed by atoms with Gasteiger partial charge in [0.1, 0.15) is 0 Å². The second-order valence-electron chi connectivity index (χ2n) is 3.98. The lowest BCUT2D eigenvalue weighted by molar-refractivity contribution is 0.330. The van der Waals surface area contributed by atoms with Gasteiger partial charge in [-0.25, -0.2) is 0 Å². The third-order valence-electron chi connectivity index (χ3n) is 1.86. The first kappa shape index (κ1) is 10.2. The molecule has 0 bridgehead atoms. The van der Waals surface area contributed by atoms with E-state index in [2.05, 4.69) is 42.1 Å². The molecule has 0 radical (unpaired) electrons. The van der Waals surface area contributed by atoms with E-state index < -0.39 is 0 Å². The van der Waals surface area contributed by atoms with E-state index in [1.165, 1.54) is 4.88 Å². The van der Waals surface area contributed by atoms with Gasteiger partial charge >= 0.3 is 0 Å². The Morgan fingerprint density at radius 3 is 2.42 bits per heavy atom.